The molecule has 7 amide bonds. The fraction of sp³-hybridized carbons (Fsp3) is 0.560. The Morgan fingerprint density at radius 2 is 1.46 bits per heavy atom. The van der Waals surface area contributed by atoms with Crippen LogP contribution in [0.3, 0.4) is 0 Å². The number of primary amides is 1. The fourth-order valence-electron chi connectivity index (χ4n) is 15.3. The molecule has 8 N–H and O–H groups in total. The number of nitrogens with one attached hydrogen (secondary N) is 5. The van der Waals surface area contributed by atoms with Crippen LogP contribution in [0.25, 0.3) is 0 Å². The van der Waals surface area contributed by atoms with Crippen LogP contribution in [-0.2, 0) is 79.9 Å². The monoisotopic (exact) mass is 1440 g/mol. The molecule has 24 nitrogen and oxygen atoms in total. The Labute approximate surface area is 600 Å². The van der Waals surface area contributed by atoms with Crippen molar-refractivity contribution in [2.24, 2.45) is 40.2 Å². The predicted octanol–water partition coefficient (Wildman–Crippen LogP) is 7.21. The van der Waals surface area contributed by atoms with Crippen molar-refractivity contribution >= 4 is 78.0 Å². The van der Waals surface area contributed by atoms with E-state index in [2.05, 4.69) is 38.4 Å². The molecule has 9 rings (SSSR count). The van der Waals surface area contributed by atoms with Gasteiger partial charge in [0.05, 0.1) is 89.9 Å². The summed E-state index contributed by atoms with van der Waals surface area (Å²) in [6.07, 6.45) is -1.43. The molecule has 0 bridgehead atoms. The number of carbonyl (C=O) groups excluding carboxylic acids is 9. The number of nitrogens with zero attached hydrogens (tertiary/aromatic N) is 1. The van der Waals surface area contributed by atoms with E-state index >= 15 is 8.78 Å². The maximum atomic E-state index is 17.9. The highest BCUT2D eigenvalue weighted by Crippen LogP contribution is 2.72. The number of carbonyl (C=O) groups is 9. The summed E-state index contributed by atoms with van der Waals surface area (Å²) in [7, 11) is 0. The molecule has 3 aromatic rings. The van der Waals surface area contributed by atoms with Crippen LogP contribution in [-0.4, -0.2) is 173 Å². The summed E-state index contributed by atoms with van der Waals surface area (Å²) in [5.41, 5.74) is 2.35. The first-order valence-electron chi connectivity index (χ1n) is 35.0. The maximum Gasteiger partial charge on any atom is 0.407 e. The normalized spacial score (nSPS) is 25.4. The molecule has 6 aliphatic rings. The number of benzene rings is 3. The van der Waals surface area contributed by atoms with Crippen molar-refractivity contribution in [3.05, 3.63) is 119 Å². The first-order valence-corrected chi connectivity index (χ1v) is 35.0. The number of aliphatic hydroxyl groups is 1. The van der Waals surface area contributed by atoms with Gasteiger partial charge in [-0.15, -0.1) is 0 Å². The van der Waals surface area contributed by atoms with Crippen molar-refractivity contribution < 1.29 is 90.2 Å². The zero-order chi connectivity index (χ0) is 72.5. The molecule has 4 aliphatic carbocycles. The minimum absolute atomic E-state index is 0. The maximum absolute atomic E-state index is 17.9. The third-order valence-electron chi connectivity index (χ3n) is 20.4. The van der Waals surface area contributed by atoms with E-state index in [0.717, 1.165) is 22.8 Å². The standard InChI is InChI=1S/C75H95F2N7O17.H2S/c1-6-12-67-100-63-42-55-56-41-58(76)57-40-54(85)26-28-72(57,4)74(56,77)61(87)43-73(55,5)75(63,101-67)62(88)44-81-71(94)99-46-48-18-22-53(23-19-48)82-69(92)51(16-11-29-80-70(78)93)39-60(86)68(47(2)3)83-65(90)27-31-95-33-35-97-37-38-98-36-34-96-32-30-79-64(89)24-25-66(91)84-45-52-15-8-7-13-49(52)20-21-50-14-9-10-17-59(50)84;/h7-10,13-15,17-19,22-23,26,28,40,47,51,55-56,58,61,63,67-68,87H,6,11-12,16,24-25,27,29-39,41-46H2,1-5H3,(H,79,89)(H,81,94)(H,82,92)(H,83,90)(H3,78,80,93);1H2/t51-,55+,56+,58+,61+,63-,67+,68+,72+,73+,74+,75-;/m1./s1. The number of anilines is 2. The number of hydrogen-bond acceptors (Lipinski definition) is 17. The number of ether oxygens (including phenoxy) is 7. The lowest BCUT2D eigenvalue weighted by atomic mass is 9.44. The van der Waals surface area contributed by atoms with Gasteiger partial charge in [0.15, 0.2) is 34.9 Å². The highest BCUT2D eigenvalue weighted by atomic mass is 32.1. The Kier molecular flexibility index (Phi) is 28.5. The molecule has 0 aromatic heterocycles. The van der Waals surface area contributed by atoms with E-state index in [1.54, 1.807) is 49.9 Å². The number of urea groups is 1. The van der Waals surface area contributed by atoms with E-state index in [0.29, 0.717) is 62.6 Å². The Morgan fingerprint density at radius 1 is 0.794 bits per heavy atom. The van der Waals surface area contributed by atoms with Crippen molar-refractivity contribution in [3.63, 3.8) is 0 Å². The van der Waals surface area contributed by atoms with Gasteiger partial charge in [0.1, 0.15) is 12.8 Å². The SMILES string of the molecule is CCC[C@H]1O[C@@H]2C[C@H]3[C@@H]4C[C@H](F)C5=CC(=O)C=C[C@]5(C)[C@@]4(F)[C@@H](O)C[C@]3(C)[C@]2(C(=O)CNC(=O)OCc2ccc(NC(=O)[C@H](CCCNC(N)=O)CC(=O)[C@@H](NC(=O)CCOCCOCCOCCOCCNC(=O)CCC(=O)N3Cc4ccccc4C#Cc4ccccc43)C(C)C)cc2)O1.S. The summed E-state index contributed by atoms with van der Waals surface area (Å²) in [5, 5.41) is 25.4. The van der Waals surface area contributed by atoms with Gasteiger partial charge >= 0.3 is 12.1 Å². The Morgan fingerprint density at radius 3 is 2.16 bits per heavy atom. The highest BCUT2D eigenvalue weighted by Gasteiger charge is 2.80. The average Bonchev–Trinajstić information content (AvgIpc) is 1.45. The van der Waals surface area contributed by atoms with E-state index in [1.807, 2.05) is 55.5 Å². The molecular formula is C75H97F2N7O17S. The number of halogens is 2. The van der Waals surface area contributed by atoms with Gasteiger partial charge in [-0.2, -0.15) is 13.5 Å². The molecule has 0 radical (unpaired) electrons. The van der Waals surface area contributed by atoms with Crippen LogP contribution < -0.4 is 37.2 Å². The van der Waals surface area contributed by atoms with E-state index in [1.165, 1.54) is 19.1 Å². The second kappa shape index (κ2) is 36.5. The van der Waals surface area contributed by atoms with Gasteiger partial charge in [-0.3, -0.25) is 33.6 Å². The summed E-state index contributed by atoms with van der Waals surface area (Å²) < 4.78 is 74.9. The molecule has 0 unspecified atom stereocenters. The van der Waals surface area contributed by atoms with Gasteiger partial charge in [0.25, 0.3) is 0 Å². The average molecular weight is 1440 g/mol. The molecule has 554 valence electrons. The van der Waals surface area contributed by atoms with E-state index in [-0.39, 0.29) is 147 Å². The molecule has 27 heteroatoms. The lowest BCUT2D eigenvalue weighted by molar-refractivity contribution is -0.233. The number of nitrogens with two attached hydrogens (primary N) is 1. The Bertz CT molecular complexity index is 3630. The third kappa shape index (κ3) is 18.7. The van der Waals surface area contributed by atoms with Crippen LogP contribution in [0.5, 0.6) is 0 Å². The number of aliphatic hydroxyl groups excluding tert-OH is 1. The van der Waals surface area contributed by atoms with Crippen LogP contribution in [0.2, 0.25) is 0 Å². The van der Waals surface area contributed by atoms with Gasteiger partial charge in [-0.25, -0.2) is 18.4 Å². The van der Waals surface area contributed by atoms with Gasteiger partial charge in [0.2, 0.25) is 23.6 Å². The number of alkyl carbamates (subject to hydrolysis) is 1. The second-order valence-electron chi connectivity index (χ2n) is 27.4. The lowest BCUT2D eigenvalue weighted by Crippen LogP contribution is -2.71. The summed E-state index contributed by atoms with van der Waals surface area (Å²) >= 11 is 0. The summed E-state index contributed by atoms with van der Waals surface area (Å²) in [4.78, 5) is 120. The van der Waals surface area contributed by atoms with Gasteiger partial charge in [-0.1, -0.05) is 94.5 Å². The van der Waals surface area contributed by atoms with Crippen LogP contribution in [0, 0.1) is 46.3 Å². The topological polar surface area (TPSA) is 328 Å². The number of allylic oxidation sites excluding steroid dienone is 4. The van der Waals surface area contributed by atoms with Crippen molar-refractivity contribution in [1.82, 2.24) is 21.3 Å². The zero-order valence-electron chi connectivity index (χ0n) is 58.6. The molecule has 12 atom stereocenters. The number of amides is 7. The summed E-state index contributed by atoms with van der Waals surface area (Å²) in [6, 6.07) is 19.9. The molecule has 4 fully saturated rings. The summed E-state index contributed by atoms with van der Waals surface area (Å²) in [5.74, 6) is 0.607. The van der Waals surface area contributed by atoms with Gasteiger partial charge in [0, 0.05) is 78.3 Å². The smallest absolute Gasteiger partial charge is 0.407 e. The number of rotatable bonds is 36. The molecule has 0 spiro atoms. The van der Waals surface area contributed by atoms with Crippen molar-refractivity contribution in [3.8, 4) is 11.8 Å². The predicted molar refractivity (Wildman–Crippen MR) is 377 cm³/mol. The number of fused-ring (bicyclic) bond motifs is 9. The molecule has 2 aliphatic heterocycles. The number of hydrogen-bond donors (Lipinski definition) is 7. The van der Waals surface area contributed by atoms with Crippen molar-refractivity contribution in [2.75, 3.05) is 82.7 Å². The fourth-order valence-corrected chi connectivity index (χ4v) is 15.3. The summed E-state index contributed by atoms with van der Waals surface area (Å²) in [6.45, 7) is 10.6. The molecule has 2 heterocycles. The van der Waals surface area contributed by atoms with E-state index < -0.39 is 113 Å². The first kappa shape index (κ1) is 79.8. The number of Topliss-reactive ketones (excluding diaryl/α,β-unsaturated/α-hetero) is 2. The number of ketones is 3. The van der Waals surface area contributed by atoms with Crippen LogP contribution >= 0.6 is 13.5 Å². The molecule has 3 aromatic carbocycles. The largest absolute Gasteiger partial charge is 0.445 e. The van der Waals surface area contributed by atoms with Crippen LogP contribution in [0.4, 0.5) is 29.7 Å². The zero-order valence-corrected chi connectivity index (χ0v) is 59.6. The van der Waals surface area contributed by atoms with E-state index in [4.69, 9.17) is 38.9 Å². The van der Waals surface area contributed by atoms with Crippen LogP contribution in [0.15, 0.2) is 96.6 Å². The lowest BCUT2D eigenvalue weighted by Gasteiger charge is -2.63. The van der Waals surface area contributed by atoms with Crippen molar-refractivity contribution in [2.45, 2.75) is 160 Å². The first-order chi connectivity index (χ1) is 48.4. The molecule has 1 saturated heterocycles. The van der Waals surface area contributed by atoms with E-state index in [9.17, 15) is 48.3 Å². The number of para-hydroxylation sites is 1. The third-order valence-corrected chi connectivity index (χ3v) is 20.4. The van der Waals surface area contributed by atoms with Gasteiger partial charge in [-0.05, 0) is 116 Å². The minimum atomic E-state index is -2.38. The Hall–Kier alpha value is -7.94. The minimum Gasteiger partial charge on any atom is -0.445 e. The van der Waals surface area contributed by atoms with Gasteiger partial charge < -0.3 is 75.5 Å². The molecule has 102 heavy (non-hydrogen) atoms. The quantitative estimate of drug-likeness (QED) is 0.0223. The van der Waals surface area contributed by atoms with Crippen LogP contribution in [0.1, 0.15) is 128 Å². The highest BCUT2D eigenvalue weighted by molar-refractivity contribution is 7.59. The molecule has 3 saturated carbocycles. The Balaban J connectivity index is 0.0000132. The number of alkyl halides is 2. The van der Waals surface area contributed by atoms with Crippen molar-refractivity contribution in [1.29, 1.82) is 0 Å². The second-order valence-corrected chi connectivity index (χ2v) is 27.4. The molecular weight excluding hydrogens is 1340 g/mol.